The lowest BCUT2D eigenvalue weighted by Gasteiger charge is -2.01. The second-order valence-corrected chi connectivity index (χ2v) is 2.32. The highest BCUT2D eigenvalue weighted by atomic mass is 16.6. The molecule has 1 aromatic heterocycles. The Balaban J connectivity index is 2.45. The van der Waals surface area contributed by atoms with Gasteiger partial charge >= 0.3 is 6.03 Å². The molecular weight excluding hydrogens is 172 g/mol. The van der Waals surface area contributed by atoms with E-state index in [9.17, 15) is 4.79 Å². The number of anilines is 1. The SMILES string of the molecule is C=CCNC(=O)Nc1nonc1C. The van der Waals surface area contributed by atoms with Crippen LogP contribution in [0.3, 0.4) is 0 Å². The van der Waals surface area contributed by atoms with Crippen LogP contribution in [0.1, 0.15) is 5.69 Å². The molecule has 0 aliphatic heterocycles. The van der Waals surface area contributed by atoms with Gasteiger partial charge in [-0.25, -0.2) is 9.42 Å². The highest BCUT2D eigenvalue weighted by Gasteiger charge is 2.07. The molecule has 0 spiro atoms. The van der Waals surface area contributed by atoms with Crippen LogP contribution in [-0.4, -0.2) is 22.9 Å². The van der Waals surface area contributed by atoms with Crippen LogP contribution in [0.2, 0.25) is 0 Å². The van der Waals surface area contributed by atoms with E-state index in [1.54, 1.807) is 13.0 Å². The van der Waals surface area contributed by atoms with Crippen LogP contribution in [0.25, 0.3) is 0 Å². The van der Waals surface area contributed by atoms with Crippen molar-refractivity contribution in [1.82, 2.24) is 15.6 Å². The number of aromatic nitrogens is 2. The van der Waals surface area contributed by atoms with Gasteiger partial charge in [-0.3, -0.25) is 5.32 Å². The van der Waals surface area contributed by atoms with Crippen molar-refractivity contribution in [2.75, 3.05) is 11.9 Å². The lowest BCUT2D eigenvalue weighted by Crippen LogP contribution is -2.29. The second-order valence-electron chi connectivity index (χ2n) is 2.32. The van der Waals surface area contributed by atoms with Crippen molar-refractivity contribution >= 4 is 11.8 Å². The van der Waals surface area contributed by atoms with Gasteiger partial charge < -0.3 is 5.32 Å². The fourth-order valence-electron chi connectivity index (χ4n) is 0.662. The third-order valence-electron chi connectivity index (χ3n) is 1.29. The highest BCUT2D eigenvalue weighted by Crippen LogP contribution is 2.05. The highest BCUT2D eigenvalue weighted by molar-refractivity contribution is 5.88. The van der Waals surface area contributed by atoms with E-state index in [0.717, 1.165) is 0 Å². The molecular formula is C7H10N4O2. The van der Waals surface area contributed by atoms with Gasteiger partial charge in [0.25, 0.3) is 0 Å². The normalized spacial score (nSPS) is 9.31. The van der Waals surface area contributed by atoms with E-state index in [4.69, 9.17) is 0 Å². The smallest absolute Gasteiger partial charge is 0.320 e. The zero-order chi connectivity index (χ0) is 9.68. The summed E-state index contributed by atoms with van der Waals surface area (Å²) in [5.41, 5.74) is 0.536. The average Bonchev–Trinajstić information content (AvgIpc) is 2.48. The number of amides is 2. The van der Waals surface area contributed by atoms with Crippen molar-refractivity contribution in [1.29, 1.82) is 0 Å². The quantitative estimate of drug-likeness (QED) is 0.674. The maximum atomic E-state index is 11.0. The van der Waals surface area contributed by atoms with Gasteiger partial charge in [-0.15, -0.1) is 6.58 Å². The first-order chi connectivity index (χ1) is 6.24. The predicted octanol–water partition coefficient (Wildman–Crippen LogP) is 0.686. The van der Waals surface area contributed by atoms with Crippen LogP contribution in [-0.2, 0) is 0 Å². The summed E-state index contributed by atoms with van der Waals surface area (Å²) in [5, 5.41) is 12.0. The molecule has 0 aliphatic carbocycles. The molecule has 1 aromatic rings. The Labute approximate surface area is 75.0 Å². The fraction of sp³-hybridized carbons (Fsp3) is 0.286. The summed E-state index contributed by atoms with van der Waals surface area (Å²) in [5.74, 6) is 0.321. The molecule has 1 heterocycles. The van der Waals surface area contributed by atoms with Gasteiger partial charge in [0.2, 0.25) is 5.82 Å². The Morgan fingerprint density at radius 3 is 3.00 bits per heavy atom. The second kappa shape index (κ2) is 4.24. The molecule has 0 unspecified atom stereocenters. The van der Waals surface area contributed by atoms with Crippen molar-refractivity contribution in [2.24, 2.45) is 0 Å². The van der Waals surface area contributed by atoms with Crippen molar-refractivity contribution in [3.63, 3.8) is 0 Å². The molecule has 70 valence electrons. The molecule has 0 aliphatic rings. The molecule has 1 rings (SSSR count). The molecule has 0 atom stereocenters. The molecule has 13 heavy (non-hydrogen) atoms. The number of carbonyl (C=O) groups is 1. The van der Waals surface area contributed by atoms with Crippen LogP contribution < -0.4 is 10.6 Å². The van der Waals surface area contributed by atoms with E-state index < -0.39 is 0 Å². The molecule has 0 radical (unpaired) electrons. The molecule has 0 bridgehead atoms. The number of hydrogen-bond acceptors (Lipinski definition) is 4. The molecule has 0 saturated heterocycles. The number of nitrogens with zero attached hydrogens (tertiary/aromatic N) is 2. The Hall–Kier alpha value is -1.85. The molecule has 0 fully saturated rings. The van der Waals surface area contributed by atoms with Crippen LogP contribution in [0.5, 0.6) is 0 Å². The zero-order valence-corrected chi connectivity index (χ0v) is 7.20. The minimum atomic E-state index is -0.362. The van der Waals surface area contributed by atoms with Crippen molar-refractivity contribution < 1.29 is 9.42 Å². The standard InChI is InChI=1S/C7H10N4O2/c1-3-4-8-7(12)9-6-5(2)10-13-11-6/h3H,1,4H2,2H3,(H2,8,9,11,12). The van der Waals surface area contributed by atoms with Gasteiger partial charge in [0.1, 0.15) is 5.69 Å². The maximum Gasteiger partial charge on any atom is 0.320 e. The van der Waals surface area contributed by atoms with Gasteiger partial charge in [-0.2, -0.15) is 0 Å². The third kappa shape index (κ3) is 2.58. The van der Waals surface area contributed by atoms with Crippen molar-refractivity contribution in [2.45, 2.75) is 6.92 Å². The largest absolute Gasteiger partial charge is 0.334 e. The lowest BCUT2D eigenvalue weighted by atomic mass is 10.5. The number of rotatable bonds is 3. The van der Waals surface area contributed by atoms with Crippen LogP contribution in [0.4, 0.5) is 10.6 Å². The predicted molar refractivity (Wildman–Crippen MR) is 46.3 cm³/mol. The minimum Gasteiger partial charge on any atom is -0.334 e. The van der Waals surface area contributed by atoms with E-state index >= 15 is 0 Å². The first-order valence-corrected chi connectivity index (χ1v) is 3.69. The van der Waals surface area contributed by atoms with Crippen LogP contribution in [0, 0.1) is 6.92 Å². The van der Waals surface area contributed by atoms with Crippen LogP contribution >= 0.6 is 0 Å². The molecule has 6 nitrogen and oxygen atoms in total. The first-order valence-electron chi connectivity index (χ1n) is 3.69. The average molecular weight is 182 g/mol. The van der Waals surface area contributed by atoms with E-state index in [1.165, 1.54) is 0 Å². The topological polar surface area (TPSA) is 80.0 Å². The first kappa shape index (κ1) is 9.24. The Morgan fingerprint density at radius 1 is 1.69 bits per heavy atom. The van der Waals surface area contributed by atoms with Gasteiger partial charge in [0.05, 0.1) is 0 Å². The summed E-state index contributed by atoms with van der Waals surface area (Å²) < 4.78 is 4.39. The lowest BCUT2D eigenvalue weighted by molar-refractivity contribution is 0.252. The summed E-state index contributed by atoms with van der Waals surface area (Å²) in [6, 6.07) is -0.362. The number of aryl methyl sites for hydroxylation is 1. The van der Waals surface area contributed by atoms with Gasteiger partial charge in [-0.05, 0) is 12.1 Å². The number of carbonyl (C=O) groups excluding carboxylic acids is 1. The van der Waals surface area contributed by atoms with Crippen molar-refractivity contribution in [3.8, 4) is 0 Å². The summed E-state index contributed by atoms with van der Waals surface area (Å²) in [7, 11) is 0. The van der Waals surface area contributed by atoms with E-state index in [-0.39, 0.29) is 6.03 Å². The summed E-state index contributed by atoms with van der Waals surface area (Å²) in [6.07, 6.45) is 1.58. The maximum absolute atomic E-state index is 11.0. The molecule has 6 heteroatoms. The van der Waals surface area contributed by atoms with E-state index in [2.05, 4.69) is 32.2 Å². The van der Waals surface area contributed by atoms with Crippen molar-refractivity contribution in [3.05, 3.63) is 18.3 Å². The Kier molecular flexibility index (Phi) is 3.02. The molecule has 0 aromatic carbocycles. The van der Waals surface area contributed by atoms with Gasteiger partial charge in [0.15, 0.2) is 0 Å². The van der Waals surface area contributed by atoms with Crippen LogP contribution in [0.15, 0.2) is 17.3 Å². The molecule has 2 N–H and O–H groups in total. The number of hydrogen-bond donors (Lipinski definition) is 2. The Morgan fingerprint density at radius 2 is 2.46 bits per heavy atom. The molecule has 0 saturated carbocycles. The van der Waals surface area contributed by atoms with Gasteiger partial charge in [-0.1, -0.05) is 11.2 Å². The van der Waals surface area contributed by atoms with Gasteiger partial charge in [0, 0.05) is 6.54 Å². The minimum absolute atomic E-state index is 0.321. The monoisotopic (exact) mass is 182 g/mol. The zero-order valence-electron chi connectivity index (χ0n) is 7.20. The summed E-state index contributed by atoms with van der Waals surface area (Å²) in [6.45, 7) is 5.54. The summed E-state index contributed by atoms with van der Waals surface area (Å²) in [4.78, 5) is 11.0. The van der Waals surface area contributed by atoms with E-state index in [0.29, 0.717) is 18.1 Å². The number of urea groups is 1. The van der Waals surface area contributed by atoms with E-state index in [1.807, 2.05) is 0 Å². The fourth-order valence-corrected chi connectivity index (χ4v) is 0.662. The number of nitrogens with one attached hydrogen (secondary N) is 2. The third-order valence-corrected chi connectivity index (χ3v) is 1.29. The molecule has 2 amide bonds. The Bertz CT molecular complexity index is 307. The summed E-state index contributed by atoms with van der Waals surface area (Å²) >= 11 is 0.